The molecule has 0 spiro atoms. The van der Waals surface area contributed by atoms with Crippen molar-refractivity contribution in [2.75, 3.05) is 0 Å². The number of aromatic nitrogens is 6. The van der Waals surface area contributed by atoms with Crippen molar-refractivity contribution in [2.45, 2.75) is 52.4 Å². The van der Waals surface area contributed by atoms with Crippen LogP contribution in [0.15, 0.2) is 228 Å². The van der Waals surface area contributed by atoms with E-state index in [0.29, 0.717) is 22.6 Å². The summed E-state index contributed by atoms with van der Waals surface area (Å²) in [6.45, 7) is 12.9. The zero-order chi connectivity index (χ0) is 62.7. The largest absolute Gasteiger partial charge is 0.268 e. The molecular formula is C86H54N6O2. The van der Waals surface area contributed by atoms with Crippen molar-refractivity contribution in [3.63, 3.8) is 0 Å². The molecule has 0 fully saturated rings. The molecule has 22 aromatic rings. The predicted molar refractivity (Wildman–Crippen MR) is 392 cm³/mol. The summed E-state index contributed by atoms with van der Waals surface area (Å²) >= 11 is 0. The Morgan fingerprint density at radius 3 is 1.01 bits per heavy atom. The highest BCUT2D eigenvalue weighted by Gasteiger charge is 2.33. The van der Waals surface area contributed by atoms with Gasteiger partial charge in [-0.05, 0) is 201 Å². The minimum atomic E-state index is -0.164. The normalized spacial score (nSPS) is 13.1. The number of hydrogen-bond acceptors (Lipinski definition) is 6. The Kier molecular flexibility index (Phi) is 9.75. The average molecular weight is 1200 g/mol. The van der Waals surface area contributed by atoms with Gasteiger partial charge in [-0.2, -0.15) is 0 Å². The highest BCUT2D eigenvalue weighted by molar-refractivity contribution is 6.52. The third-order valence-electron chi connectivity index (χ3n) is 21.0. The SMILES string of the molecule is CC(C)(C)c1ccc2c(n1)nc1c3c4cc(-c5ccccc5)c5ccc6ccc7c(-c8ccccc8)cc(c3c(=O)n21)c1c7c6c5c41.CC(C)(C)c1ccc2nc3c4c5cc(-c6ccccc6)c6ccc7ccc8c(-c9ccccc9)cc(c4c(=O)n3c2n1)c1c8c7c6c51. The number of benzene rings is 14. The molecule has 6 aromatic heterocycles. The number of pyridine rings is 2. The lowest BCUT2D eigenvalue weighted by atomic mass is 9.89. The zero-order valence-electron chi connectivity index (χ0n) is 52.3. The topological polar surface area (TPSA) is 94.5 Å². The molecule has 94 heavy (non-hydrogen) atoms. The van der Waals surface area contributed by atoms with E-state index in [0.717, 1.165) is 98.9 Å². The molecule has 0 radical (unpaired) electrons. The summed E-state index contributed by atoms with van der Waals surface area (Å²) < 4.78 is 3.59. The molecule has 0 saturated carbocycles. The molecule has 0 unspecified atom stereocenters. The lowest BCUT2D eigenvalue weighted by molar-refractivity contribution is 0.571. The summed E-state index contributed by atoms with van der Waals surface area (Å²) in [5.41, 5.74) is 14.8. The van der Waals surface area contributed by atoms with E-state index >= 15 is 0 Å². The van der Waals surface area contributed by atoms with E-state index in [1.807, 2.05) is 28.7 Å². The number of hydrogen-bond donors (Lipinski definition) is 0. The van der Waals surface area contributed by atoms with Crippen LogP contribution < -0.4 is 11.1 Å². The van der Waals surface area contributed by atoms with E-state index in [4.69, 9.17) is 19.9 Å². The first-order valence-electron chi connectivity index (χ1n) is 32.5. The van der Waals surface area contributed by atoms with Gasteiger partial charge in [-0.3, -0.25) is 14.0 Å². The summed E-state index contributed by atoms with van der Waals surface area (Å²) in [6.07, 6.45) is 0. The van der Waals surface area contributed by atoms with Gasteiger partial charge in [0.1, 0.15) is 5.52 Å². The van der Waals surface area contributed by atoms with Gasteiger partial charge in [0.25, 0.3) is 11.1 Å². The van der Waals surface area contributed by atoms with Gasteiger partial charge < -0.3 is 0 Å². The van der Waals surface area contributed by atoms with Crippen LogP contribution in [0, 0.1) is 0 Å². The molecule has 0 amide bonds. The average Bonchev–Trinajstić information content (AvgIpc) is 1.53. The fourth-order valence-electron chi connectivity index (χ4n) is 16.9. The first-order valence-corrected chi connectivity index (χ1v) is 32.5. The second-order valence-electron chi connectivity index (χ2n) is 28.2. The van der Waals surface area contributed by atoms with Gasteiger partial charge in [0.15, 0.2) is 22.6 Å². The highest BCUT2D eigenvalue weighted by Crippen LogP contribution is 2.57. The van der Waals surface area contributed by atoms with Gasteiger partial charge in [-0.25, -0.2) is 24.3 Å². The maximum absolute atomic E-state index is 15.0. The second-order valence-corrected chi connectivity index (χ2v) is 28.2. The van der Waals surface area contributed by atoms with Crippen LogP contribution in [0.25, 0.3) is 207 Å². The Morgan fingerprint density at radius 1 is 0.277 bits per heavy atom. The first-order chi connectivity index (χ1) is 45.8. The van der Waals surface area contributed by atoms with Crippen LogP contribution in [0.3, 0.4) is 0 Å². The summed E-state index contributed by atoms with van der Waals surface area (Å²) in [5, 5.41) is 27.2. The van der Waals surface area contributed by atoms with Crippen LogP contribution in [0.1, 0.15) is 52.9 Å². The quantitative estimate of drug-likeness (QED) is 0.163. The number of rotatable bonds is 4. The van der Waals surface area contributed by atoms with E-state index in [1.54, 1.807) is 4.40 Å². The maximum atomic E-state index is 15.0. The fourth-order valence-corrected chi connectivity index (χ4v) is 16.9. The summed E-state index contributed by atoms with van der Waals surface area (Å²) in [7, 11) is 0. The number of nitrogens with zero attached hydrogens (tertiary/aromatic N) is 6. The Bertz CT molecular complexity index is 6900. The van der Waals surface area contributed by atoms with Gasteiger partial charge in [0.05, 0.1) is 16.3 Å². The van der Waals surface area contributed by atoms with Crippen molar-refractivity contribution < 1.29 is 0 Å². The fraction of sp³-hybridized carbons (Fsp3) is 0.0930. The van der Waals surface area contributed by atoms with Crippen LogP contribution in [-0.4, -0.2) is 28.7 Å². The van der Waals surface area contributed by atoms with Crippen molar-refractivity contribution in [1.29, 1.82) is 0 Å². The highest BCUT2D eigenvalue weighted by atomic mass is 16.1. The Balaban J connectivity index is 0.000000126. The van der Waals surface area contributed by atoms with Crippen LogP contribution in [0.5, 0.6) is 0 Å². The third-order valence-corrected chi connectivity index (χ3v) is 21.0. The zero-order valence-corrected chi connectivity index (χ0v) is 52.3. The first kappa shape index (κ1) is 51.9. The van der Waals surface area contributed by atoms with Gasteiger partial charge in [0.2, 0.25) is 0 Å². The van der Waals surface area contributed by atoms with Crippen molar-refractivity contribution >= 4 is 163 Å². The molecule has 0 aliphatic rings. The summed E-state index contributed by atoms with van der Waals surface area (Å²) in [5.74, 6) is 0. The lowest BCUT2D eigenvalue weighted by Crippen LogP contribution is -2.14. The second kappa shape index (κ2) is 17.6. The Morgan fingerprint density at radius 2 is 0.617 bits per heavy atom. The number of imidazole rings is 2. The van der Waals surface area contributed by atoms with E-state index in [1.165, 1.54) is 97.3 Å². The van der Waals surface area contributed by atoms with E-state index in [-0.39, 0.29) is 21.9 Å². The lowest BCUT2D eigenvalue weighted by Gasteiger charge is -2.17. The van der Waals surface area contributed by atoms with E-state index < -0.39 is 0 Å². The van der Waals surface area contributed by atoms with Crippen molar-refractivity contribution in [3.05, 3.63) is 250 Å². The van der Waals surface area contributed by atoms with Crippen molar-refractivity contribution in [1.82, 2.24) is 28.7 Å². The van der Waals surface area contributed by atoms with Gasteiger partial charge in [-0.1, -0.05) is 211 Å². The molecule has 0 bridgehead atoms. The molecule has 0 aliphatic heterocycles. The predicted octanol–water partition coefficient (Wildman–Crippen LogP) is 21.1. The summed E-state index contributed by atoms with van der Waals surface area (Å²) in [6, 6.07) is 77.8. The van der Waals surface area contributed by atoms with Crippen molar-refractivity contribution in [3.8, 4) is 44.5 Å². The molecule has 0 aliphatic carbocycles. The third kappa shape index (κ3) is 6.51. The molecule has 16 aromatic carbocycles. The van der Waals surface area contributed by atoms with Crippen LogP contribution in [0.2, 0.25) is 0 Å². The molecule has 0 atom stereocenters. The van der Waals surface area contributed by atoms with E-state index in [9.17, 15) is 9.59 Å². The van der Waals surface area contributed by atoms with Gasteiger partial charge >= 0.3 is 0 Å². The minimum Gasteiger partial charge on any atom is -0.268 e. The molecule has 8 heteroatoms. The molecule has 0 N–H and O–H groups in total. The summed E-state index contributed by atoms with van der Waals surface area (Å²) in [4.78, 5) is 50.2. The molecule has 0 saturated heterocycles. The van der Waals surface area contributed by atoms with Crippen LogP contribution >= 0.6 is 0 Å². The van der Waals surface area contributed by atoms with Crippen molar-refractivity contribution in [2.24, 2.45) is 0 Å². The smallest absolute Gasteiger partial charge is 0.266 e. The Hall–Kier alpha value is -11.7. The molecule has 440 valence electrons. The van der Waals surface area contributed by atoms with Crippen LogP contribution in [-0.2, 0) is 10.8 Å². The van der Waals surface area contributed by atoms with E-state index in [2.05, 4.69) is 236 Å². The molecule has 8 nitrogen and oxygen atoms in total. The number of fused-ring (bicyclic) bond motifs is 14. The van der Waals surface area contributed by atoms with Gasteiger partial charge in [0, 0.05) is 33.0 Å². The molecular weight excluding hydrogens is 1150 g/mol. The van der Waals surface area contributed by atoms with Gasteiger partial charge in [-0.15, -0.1) is 0 Å². The molecule has 22 rings (SSSR count). The monoisotopic (exact) mass is 1200 g/mol. The van der Waals surface area contributed by atoms with Crippen LogP contribution in [0.4, 0.5) is 0 Å². The minimum absolute atomic E-state index is 0.0347. The maximum Gasteiger partial charge on any atom is 0.266 e. The standard InChI is InChI=1S/2C43H27N3O/c1-43(2,3)32-19-18-31-40(44-32)45-41-38-29-20-27(22-10-6-4-7-11-22)25-16-14-24-15-17-26-28(23-12-8-5-9-13-23)21-30(39(38)42(47)46(31)41)37-35(26)33(24)34(25)36(29)37;1-43(2,3)32-19-18-31-40(45-32)46-41(44-31)38-29-20-27(22-10-6-4-7-11-22)25-16-14-24-15-17-26-28(23-12-8-5-9-13-23)21-30(39(38)42(46)47)37-35(26)33(24)34(25)36(29)37/h2*4-21H,1-3H3. The molecule has 6 heterocycles. The Labute approximate surface area is 535 Å².